The smallest absolute Gasteiger partial charge is 0.223 e. The second-order valence-electron chi connectivity index (χ2n) is 10.8. The van der Waals surface area contributed by atoms with Crippen molar-refractivity contribution in [2.45, 2.75) is 77.4 Å². The van der Waals surface area contributed by atoms with Gasteiger partial charge in [-0.05, 0) is 65.2 Å². The number of imidazole rings is 1. The van der Waals surface area contributed by atoms with E-state index in [1.54, 1.807) is 10.5 Å². The molecule has 0 atom stereocenters. The van der Waals surface area contributed by atoms with E-state index in [0.717, 1.165) is 18.3 Å². The lowest BCUT2D eigenvalue weighted by atomic mass is 9.80. The van der Waals surface area contributed by atoms with Gasteiger partial charge in [0.25, 0.3) is 0 Å². The molecular formula is C25H38FN7O2S. The lowest BCUT2D eigenvalue weighted by Gasteiger charge is -2.45. The number of hydrogen-bond acceptors (Lipinski definition) is 7. The van der Waals surface area contributed by atoms with Crippen LogP contribution in [0.25, 0.3) is 11.4 Å². The molecule has 11 heteroatoms. The standard InChI is InChI=1S/C25H38FN7O2S/c1-17(2)33-18(3)27-15-23(33)24-22(26)14-28-25(30-24)29-20-8-10-32(11-9-20)36(34,35)13-12-31-16-19-4-6-21(31)7-5-19/h14-15,17,19-21H,4-13,16H2,1-3H3,(H,28,29,30). The number of nitrogens with zero attached hydrogens (tertiary/aromatic N) is 6. The van der Waals surface area contributed by atoms with Crippen LogP contribution in [0.15, 0.2) is 12.4 Å². The van der Waals surface area contributed by atoms with Crippen molar-refractivity contribution in [3.63, 3.8) is 0 Å². The number of piperidine rings is 3. The van der Waals surface area contributed by atoms with Crippen LogP contribution in [0, 0.1) is 18.7 Å². The Balaban J connectivity index is 1.17. The third-order valence-corrected chi connectivity index (χ3v) is 9.98. The van der Waals surface area contributed by atoms with Gasteiger partial charge in [0.15, 0.2) is 5.82 Å². The van der Waals surface area contributed by atoms with Crippen LogP contribution < -0.4 is 5.32 Å². The molecule has 2 aromatic heterocycles. The first-order chi connectivity index (χ1) is 17.2. The second-order valence-corrected chi connectivity index (χ2v) is 12.9. The third kappa shape index (κ3) is 5.28. The Kier molecular flexibility index (Phi) is 7.33. The molecule has 6 rings (SSSR count). The van der Waals surface area contributed by atoms with Gasteiger partial charge in [0.2, 0.25) is 16.0 Å². The number of rotatable bonds is 8. The molecule has 0 radical (unpaired) electrons. The van der Waals surface area contributed by atoms with Crippen LogP contribution in [0.3, 0.4) is 0 Å². The minimum absolute atomic E-state index is 0.0318. The minimum atomic E-state index is -3.28. The van der Waals surface area contributed by atoms with Gasteiger partial charge in [-0.25, -0.2) is 32.1 Å². The van der Waals surface area contributed by atoms with Gasteiger partial charge < -0.3 is 9.88 Å². The highest BCUT2D eigenvalue weighted by molar-refractivity contribution is 7.89. The lowest BCUT2D eigenvalue weighted by molar-refractivity contribution is 0.0542. The summed E-state index contributed by atoms with van der Waals surface area (Å²) in [6.45, 7) is 8.58. The maximum atomic E-state index is 14.7. The minimum Gasteiger partial charge on any atom is -0.351 e. The Morgan fingerprint density at radius 3 is 2.44 bits per heavy atom. The lowest BCUT2D eigenvalue weighted by Crippen LogP contribution is -2.51. The molecule has 2 bridgehead atoms. The molecule has 1 saturated carbocycles. The molecule has 4 aliphatic rings. The van der Waals surface area contributed by atoms with Crippen LogP contribution in [-0.4, -0.2) is 81.2 Å². The van der Waals surface area contributed by atoms with Crippen molar-refractivity contribution in [2.75, 3.05) is 37.2 Å². The molecule has 3 aliphatic heterocycles. The van der Waals surface area contributed by atoms with E-state index in [-0.39, 0.29) is 23.5 Å². The molecule has 0 aromatic carbocycles. The zero-order valence-electron chi connectivity index (χ0n) is 21.5. The topological polar surface area (TPSA) is 96.2 Å². The predicted octanol–water partition coefficient (Wildman–Crippen LogP) is 3.45. The van der Waals surface area contributed by atoms with E-state index in [2.05, 4.69) is 25.2 Å². The van der Waals surface area contributed by atoms with Crippen molar-refractivity contribution in [3.05, 3.63) is 24.0 Å². The van der Waals surface area contributed by atoms with E-state index in [1.165, 1.54) is 31.9 Å². The average molecular weight is 520 g/mol. The molecule has 198 valence electrons. The molecule has 3 saturated heterocycles. The zero-order valence-corrected chi connectivity index (χ0v) is 22.3. The highest BCUT2D eigenvalue weighted by Gasteiger charge is 2.35. The summed E-state index contributed by atoms with van der Waals surface area (Å²) in [6, 6.07) is 0.720. The molecular weight excluding hydrogens is 481 g/mol. The third-order valence-electron chi connectivity index (χ3n) is 8.13. The number of hydrogen-bond donors (Lipinski definition) is 1. The van der Waals surface area contributed by atoms with E-state index in [9.17, 15) is 12.8 Å². The number of nitrogens with one attached hydrogen (secondary N) is 1. The summed E-state index contributed by atoms with van der Waals surface area (Å²) in [5, 5.41) is 3.30. The number of fused-ring (bicyclic) bond motifs is 3. The molecule has 1 aliphatic carbocycles. The fourth-order valence-electron chi connectivity index (χ4n) is 6.17. The van der Waals surface area contributed by atoms with Gasteiger partial charge in [-0.3, -0.25) is 4.90 Å². The fraction of sp³-hybridized carbons (Fsp3) is 0.720. The van der Waals surface area contributed by atoms with E-state index in [0.29, 0.717) is 50.2 Å². The highest BCUT2D eigenvalue weighted by Crippen LogP contribution is 2.34. The second kappa shape index (κ2) is 10.3. The number of halogens is 1. The maximum Gasteiger partial charge on any atom is 0.223 e. The van der Waals surface area contributed by atoms with Crippen LogP contribution in [0.2, 0.25) is 0 Å². The summed E-state index contributed by atoms with van der Waals surface area (Å²) in [5.74, 6) is 1.60. The van der Waals surface area contributed by atoms with Crippen LogP contribution in [0.5, 0.6) is 0 Å². The van der Waals surface area contributed by atoms with Crippen LogP contribution in [0.4, 0.5) is 10.3 Å². The molecule has 1 N–H and O–H groups in total. The van der Waals surface area contributed by atoms with Crippen LogP contribution in [-0.2, 0) is 10.0 Å². The molecule has 0 spiro atoms. The van der Waals surface area contributed by atoms with Crippen molar-refractivity contribution >= 4 is 16.0 Å². The predicted molar refractivity (Wildman–Crippen MR) is 138 cm³/mol. The number of anilines is 1. The first-order valence-corrected chi connectivity index (χ1v) is 14.9. The summed E-state index contributed by atoms with van der Waals surface area (Å²) in [4.78, 5) is 15.3. The van der Waals surface area contributed by atoms with Crippen molar-refractivity contribution < 1.29 is 12.8 Å². The van der Waals surface area contributed by atoms with Crippen molar-refractivity contribution in [1.82, 2.24) is 28.7 Å². The van der Waals surface area contributed by atoms with Gasteiger partial charge in [-0.15, -0.1) is 0 Å². The Hall–Kier alpha value is -2.11. The van der Waals surface area contributed by atoms with Gasteiger partial charge in [0, 0.05) is 44.3 Å². The van der Waals surface area contributed by atoms with E-state index >= 15 is 0 Å². The molecule has 36 heavy (non-hydrogen) atoms. The molecule has 0 amide bonds. The SMILES string of the molecule is Cc1ncc(-c2nc(NC3CCN(S(=O)(=O)CCN4CC5CCC4CC5)CC3)ncc2F)n1C(C)C. The highest BCUT2D eigenvalue weighted by atomic mass is 32.2. The van der Waals surface area contributed by atoms with Crippen LogP contribution >= 0.6 is 0 Å². The van der Waals surface area contributed by atoms with Crippen molar-refractivity contribution in [2.24, 2.45) is 5.92 Å². The van der Waals surface area contributed by atoms with Crippen molar-refractivity contribution in [1.29, 1.82) is 0 Å². The van der Waals surface area contributed by atoms with Gasteiger partial charge in [-0.2, -0.15) is 0 Å². The van der Waals surface area contributed by atoms with Gasteiger partial charge >= 0.3 is 0 Å². The summed E-state index contributed by atoms with van der Waals surface area (Å²) in [7, 11) is -3.28. The van der Waals surface area contributed by atoms with E-state index in [1.807, 2.05) is 25.3 Å². The first kappa shape index (κ1) is 25.5. The zero-order chi connectivity index (χ0) is 25.4. The Labute approximate surface area is 213 Å². The summed E-state index contributed by atoms with van der Waals surface area (Å²) in [5.41, 5.74) is 0.835. The summed E-state index contributed by atoms with van der Waals surface area (Å²) in [6.07, 6.45) is 9.18. The first-order valence-electron chi connectivity index (χ1n) is 13.3. The van der Waals surface area contributed by atoms with Gasteiger partial charge in [0.05, 0.1) is 23.8 Å². The molecule has 9 nitrogen and oxygen atoms in total. The Bertz CT molecular complexity index is 1170. The largest absolute Gasteiger partial charge is 0.351 e. The molecule has 4 fully saturated rings. The quantitative estimate of drug-likeness (QED) is 0.571. The van der Waals surface area contributed by atoms with E-state index < -0.39 is 15.8 Å². The van der Waals surface area contributed by atoms with Crippen molar-refractivity contribution in [3.8, 4) is 11.4 Å². The van der Waals surface area contributed by atoms with E-state index in [4.69, 9.17) is 0 Å². The molecule has 2 aromatic rings. The average Bonchev–Trinajstić information content (AvgIpc) is 3.26. The number of aromatic nitrogens is 4. The number of aryl methyl sites for hydroxylation is 1. The Morgan fingerprint density at radius 1 is 1.08 bits per heavy atom. The summed E-state index contributed by atoms with van der Waals surface area (Å²) >= 11 is 0. The summed E-state index contributed by atoms with van der Waals surface area (Å²) < 4.78 is 44.3. The van der Waals surface area contributed by atoms with Gasteiger partial charge in [-0.1, -0.05) is 0 Å². The normalized spacial score (nSPS) is 24.0. The van der Waals surface area contributed by atoms with Crippen LogP contribution in [0.1, 0.15) is 64.2 Å². The van der Waals surface area contributed by atoms with Gasteiger partial charge in [0.1, 0.15) is 11.5 Å². The maximum absolute atomic E-state index is 14.7. The molecule has 5 heterocycles. The Morgan fingerprint density at radius 2 is 1.81 bits per heavy atom. The number of sulfonamides is 1. The monoisotopic (exact) mass is 519 g/mol. The molecule has 0 unspecified atom stereocenters. The fourth-order valence-corrected chi connectivity index (χ4v) is 7.66.